The number of esters is 1. The van der Waals surface area contributed by atoms with Gasteiger partial charge in [-0.2, -0.15) is 0 Å². The van der Waals surface area contributed by atoms with Crippen LogP contribution in [0, 0.1) is 0 Å². The minimum Gasteiger partial charge on any atom is -0.462 e. The predicted octanol–water partition coefficient (Wildman–Crippen LogP) is 1.75. The van der Waals surface area contributed by atoms with Gasteiger partial charge in [-0.3, -0.25) is 4.79 Å². The number of halogens is 1. The first-order valence-corrected chi connectivity index (χ1v) is 9.10. The molecule has 7 nitrogen and oxygen atoms in total. The molecular weight excluding hydrogens is 356 g/mol. The summed E-state index contributed by atoms with van der Waals surface area (Å²) in [6, 6.07) is 3.81. The van der Waals surface area contributed by atoms with Crippen LogP contribution in [0.3, 0.4) is 0 Å². The SMILES string of the molecule is CCOC(=O)c1cc(NC(=O)CCC(C)N)cc(S(C)(=O)=O)c1.Cl. The fraction of sp³-hybridized carbons (Fsp3) is 0.467. The highest BCUT2D eigenvalue weighted by atomic mass is 35.5. The summed E-state index contributed by atoms with van der Waals surface area (Å²) in [5, 5.41) is 2.58. The van der Waals surface area contributed by atoms with E-state index in [-0.39, 0.29) is 53.5 Å². The van der Waals surface area contributed by atoms with Crippen LogP contribution in [-0.4, -0.2) is 39.2 Å². The molecule has 9 heteroatoms. The van der Waals surface area contributed by atoms with Crippen molar-refractivity contribution in [2.45, 2.75) is 37.6 Å². The van der Waals surface area contributed by atoms with E-state index < -0.39 is 15.8 Å². The number of carbonyl (C=O) groups excluding carboxylic acids is 2. The van der Waals surface area contributed by atoms with E-state index in [4.69, 9.17) is 10.5 Å². The molecule has 0 aromatic heterocycles. The summed E-state index contributed by atoms with van der Waals surface area (Å²) in [5.41, 5.74) is 5.89. The number of anilines is 1. The Balaban J connectivity index is 0.00000529. The van der Waals surface area contributed by atoms with E-state index in [1.54, 1.807) is 13.8 Å². The highest BCUT2D eigenvalue weighted by Crippen LogP contribution is 2.20. The van der Waals surface area contributed by atoms with Gasteiger partial charge in [-0.15, -0.1) is 12.4 Å². The third-order valence-electron chi connectivity index (χ3n) is 2.96. The zero-order valence-electron chi connectivity index (χ0n) is 13.9. The Labute approximate surface area is 148 Å². The summed E-state index contributed by atoms with van der Waals surface area (Å²) in [6.45, 7) is 3.60. The first-order valence-electron chi connectivity index (χ1n) is 7.21. The highest BCUT2D eigenvalue weighted by Gasteiger charge is 2.16. The van der Waals surface area contributed by atoms with Gasteiger partial charge >= 0.3 is 5.97 Å². The molecular formula is C15H23ClN2O5S. The number of sulfone groups is 1. The lowest BCUT2D eigenvalue weighted by atomic mass is 10.1. The summed E-state index contributed by atoms with van der Waals surface area (Å²) in [5.74, 6) is -0.952. The molecule has 136 valence electrons. The quantitative estimate of drug-likeness (QED) is 0.698. The number of hydrogen-bond acceptors (Lipinski definition) is 6. The lowest BCUT2D eigenvalue weighted by molar-refractivity contribution is -0.116. The van der Waals surface area contributed by atoms with Crippen LogP contribution in [0.2, 0.25) is 0 Å². The summed E-state index contributed by atoms with van der Waals surface area (Å²) >= 11 is 0. The van der Waals surface area contributed by atoms with Crippen LogP contribution in [0.25, 0.3) is 0 Å². The molecule has 0 radical (unpaired) electrons. The fourth-order valence-electron chi connectivity index (χ4n) is 1.80. The van der Waals surface area contributed by atoms with Gasteiger partial charge in [-0.25, -0.2) is 13.2 Å². The Morgan fingerprint density at radius 2 is 1.92 bits per heavy atom. The minimum atomic E-state index is -3.54. The van der Waals surface area contributed by atoms with Crippen molar-refractivity contribution in [2.24, 2.45) is 5.73 Å². The number of hydrogen-bond donors (Lipinski definition) is 2. The molecule has 0 aliphatic rings. The molecule has 0 fully saturated rings. The smallest absolute Gasteiger partial charge is 0.338 e. The third kappa shape index (κ3) is 7.29. The van der Waals surface area contributed by atoms with Crippen LogP contribution in [-0.2, 0) is 19.4 Å². The van der Waals surface area contributed by atoms with E-state index in [2.05, 4.69) is 5.32 Å². The first-order chi connectivity index (χ1) is 10.6. The lowest BCUT2D eigenvalue weighted by Gasteiger charge is -2.10. The van der Waals surface area contributed by atoms with E-state index in [1.807, 2.05) is 0 Å². The molecule has 1 unspecified atom stereocenters. The number of nitrogens with two attached hydrogens (primary N) is 1. The first kappa shape index (κ1) is 22.4. The van der Waals surface area contributed by atoms with Crippen LogP contribution < -0.4 is 11.1 Å². The van der Waals surface area contributed by atoms with E-state index in [0.717, 1.165) is 6.26 Å². The zero-order valence-corrected chi connectivity index (χ0v) is 15.5. The Morgan fingerprint density at radius 3 is 2.42 bits per heavy atom. The molecule has 24 heavy (non-hydrogen) atoms. The minimum absolute atomic E-state index is 0. The van der Waals surface area contributed by atoms with Gasteiger partial charge in [0, 0.05) is 24.4 Å². The number of ether oxygens (including phenoxy) is 1. The van der Waals surface area contributed by atoms with Crippen molar-refractivity contribution in [3.63, 3.8) is 0 Å². The van der Waals surface area contributed by atoms with Crippen LogP contribution in [0.5, 0.6) is 0 Å². The average molecular weight is 379 g/mol. The van der Waals surface area contributed by atoms with E-state index in [9.17, 15) is 18.0 Å². The normalized spacial score (nSPS) is 12.0. The third-order valence-corrected chi connectivity index (χ3v) is 4.05. The molecule has 1 aromatic rings. The van der Waals surface area contributed by atoms with Gasteiger partial charge in [0.2, 0.25) is 5.91 Å². The molecule has 0 saturated carbocycles. The van der Waals surface area contributed by atoms with Crippen LogP contribution >= 0.6 is 12.4 Å². The summed E-state index contributed by atoms with van der Waals surface area (Å²) < 4.78 is 28.3. The van der Waals surface area contributed by atoms with Gasteiger partial charge < -0.3 is 15.8 Å². The zero-order chi connectivity index (χ0) is 17.6. The van der Waals surface area contributed by atoms with Crippen molar-refractivity contribution in [3.8, 4) is 0 Å². The molecule has 1 rings (SSSR count). The number of amides is 1. The van der Waals surface area contributed by atoms with Gasteiger partial charge in [0.15, 0.2) is 9.84 Å². The van der Waals surface area contributed by atoms with Crippen molar-refractivity contribution in [1.82, 2.24) is 0 Å². The number of benzene rings is 1. The maximum atomic E-state index is 11.9. The highest BCUT2D eigenvalue weighted by molar-refractivity contribution is 7.90. The Morgan fingerprint density at radius 1 is 1.29 bits per heavy atom. The van der Waals surface area contributed by atoms with Gasteiger partial charge in [-0.1, -0.05) is 0 Å². The molecule has 0 saturated heterocycles. The number of rotatable bonds is 7. The van der Waals surface area contributed by atoms with Crippen molar-refractivity contribution in [3.05, 3.63) is 23.8 Å². The lowest BCUT2D eigenvalue weighted by Crippen LogP contribution is -2.19. The molecule has 1 amide bonds. The van der Waals surface area contributed by atoms with Crippen LogP contribution in [0.15, 0.2) is 23.1 Å². The van der Waals surface area contributed by atoms with Gasteiger partial charge in [-0.05, 0) is 38.5 Å². The van der Waals surface area contributed by atoms with Crippen molar-refractivity contribution >= 4 is 39.8 Å². The van der Waals surface area contributed by atoms with Crippen LogP contribution in [0.4, 0.5) is 5.69 Å². The Hall–Kier alpha value is -1.64. The van der Waals surface area contributed by atoms with E-state index in [1.165, 1.54) is 18.2 Å². The molecule has 1 aromatic carbocycles. The molecule has 1 atom stereocenters. The second kappa shape index (κ2) is 9.61. The average Bonchev–Trinajstić information content (AvgIpc) is 2.44. The molecule has 0 aliphatic carbocycles. The van der Waals surface area contributed by atoms with Gasteiger partial charge in [0.25, 0.3) is 0 Å². The fourth-order valence-corrected chi connectivity index (χ4v) is 2.48. The second-order valence-corrected chi connectivity index (χ2v) is 7.32. The molecule has 0 aliphatic heterocycles. The second-order valence-electron chi connectivity index (χ2n) is 5.30. The number of nitrogens with one attached hydrogen (secondary N) is 1. The maximum absolute atomic E-state index is 11.9. The van der Waals surface area contributed by atoms with E-state index in [0.29, 0.717) is 6.42 Å². The largest absolute Gasteiger partial charge is 0.462 e. The maximum Gasteiger partial charge on any atom is 0.338 e. The topological polar surface area (TPSA) is 116 Å². The van der Waals surface area contributed by atoms with Gasteiger partial charge in [0.05, 0.1) is 17.1 Å². The Bertz CT molecular complexity index is 689. The van der Waals surface area contributed by atoms with Gasteiger partial charge in [0.1, 0.15) is 0 Å². The van der Waals surface area contributed by atoms with Crippen molar-refractivity contribution < 1.29 is 22.7 Å². The van der Waals surface area contributed by atoms with Crippen LogP contribution in [0.1, 0.15) is 37.0 Å². The summed E-state index contributed by atoms with van der Waals surface area (Å²) in [6.07, 6.45) is 1.73. The molecule has 0 spiro atoms. The Kier molecular flexibility index (Phi) is 8.95. The molecule has 0 heterocycles. The predicted molar refractivity (Wildman–Crippen MR) is 94.3 cm³/mol. The standard InChI is InChI=1S/C15H22N2O5S.ClH/c1-4-22-15(19)11-7-12(9-13(8-11)23(3,20)21)17-14(18)6-5-10(2)16;/h7-10H,4-6,16H2,1-3H3,(H,17,18);1H. The summed E-state index contributed by atoms with van der Waals surface area (Å²) in [7, 11) is -3.54. The summed E-state index contributed by atoms with van der Waals surface area (Å²) in [4.78, 5) is 23.6. The van der Waals surface area contributed by atoms with Crippen molar-refractivity contribution in [2.75, 3.05) is 18.2 Å². The monoisotopic (exact) mass is 378 g/mol. The van der Waals surface area contributed by atoms with E-state index >= 15 is 0 Å². The molecule has 3 N–H and O–H groups in total. The molecule has 0 bridgehead atoms. The van der Waals surface area contributed by atoms with Crippen molar-refractivity contribution in [1.29, 1.82) is 0 Å². The number of carbonyl (C=O) groups is 2.